The van der Waals surface area contributed by atoms with Crippen LogP contribution in [0.1, 0.15) is 23.2 Å². The van der Waals surface area contributed by atoms with Gasteiger partial charge >= 0.3 is 0 Å². The van der Waals surface area contributed by atoms with Crippen molar-refractivity contribution in [3.8, 4) is 0 Å². The Balaban J connectivity index is 0.00000243. The number of amides is 1. The lowest BCUT2D eigenvalue weighted by Crippen LogP contribution is -2.42. The molecule has 0 aliphatic carbocycles. The van der Waals surface area contributed by atoms with Gasteiger partial charge in [0.15, 0.2) is 0 Å². The number of carbonyl (C=O) groups excluding carboxylic acids is 1. The normalized spacial score (nSPS) is 15.2. The molecular formula is C18H22ClN3O3S. The van der Waals surface area contributed by atoms with Crippen molar-refractivity contribution < 1.29 is 13.2 Å². The van der Waals surface area contributed by atoms with Gasteiger partial charge in [-0.3, -0.25) is 9.52 Å². The van der Waals surface area contributed by atoms with Gasteiger partial charge in [-0.2, -0.15) is 0 Å². The van der Waals surface area contributed by atoms with E-state index < -0.39 is 10.0 Å². The Morgan fingerprint density at radius 3 is 2.15 bits per heavy atom. The maximum atomic E-state index is 12.5. The molecule has 0 atom stereocenters. The minimum atomic E-state index is -3.63. The van der Waals surface area contributed by atoms with E-state index in [0.29, 0.717) is 24.3 Å². The van der Waals surface area contributed by atoms with E-state index in [1.807, 2.05) is 0 Å². The summed E-state index contributed by atoms with van der Waals surface area (Å²) in [6, 6.07) is 14.8. The summed E-state index contributed by atoms with van der Waals surface area (Å²) in [6.07, 6.45) is 1.61. The summed E-state index contributed by atoms with van der Waals surface area (Å²) >= 11 is 0. The number of hydrogen-bond acceptors (Lipinski definition) is 4. The summed E-state index contributed by atoms with van der Waals surface area (Å²) in [5, 5.41) is 0. The molecule has 2 aromatic rings. The summed E-state index contributed by atoms with van der Waals surface area (Å²) in [4.78, 5) is 14.4. The van der Waals surface area contributed by atoms with E-state index >= 15 is 0 Å². The lowest BCUT2D eigenvalue weighted by atomic mass is 10.0. The van der Waals surface area contributed by atoms with Crippen molar-refractivity contribution in [2.24, 2.45) is 5.73 Å². The smallest absolute Gasteiger partial charge is 0.261 e. The standard InChI is InChI=1S/C18H21N3O3S.ClH/c19-15-10-12-21(13-11-15)18(22)14-6-8-16(9-7-14)20-25(23,24)17-4-2-1-3-5-17;/h1-9,15,20H,10-13,19H2;1H. The Bertz CT molecular complexity index is 834. The molecule has 1 aliphatic rings. The van der Waals surface area contributed by atoms with Crippen LogP contribution in [-0.4, -0.2) is 38.4 Å². The maximum Gasteiger partial charge on any atom is 0.261 e. The van der Waals surface area contributed by atoms with Gasteiger partial charge < -0.3 is 10.6 Å². The second-order valence-electron chi connectivity index (χ2n) is 6.13. The van der Waals surface area contributed by atoms with Crippen LogP contribution >= 0.6 is 12.4 Å². The number of nitrogens with two attached hydrogens (primary N) is 1. The monoisotopic (exact) mass is 395 g/mol. The van der Waals surface area contributed by atoms with Gasteiger partial charge in [-0.15, -0.1) is 12.4 Å². The first-order valence-electron chi connectivity index (χ1n) is 8.18. The molecule has 1 heterocycles. The minimum absolute atomic E-state index is 0. The molecule has 26 heavy (non-hydrogen) atoms. The van der Waals surface area contributed by atoms with Crippen molar-refractivity contribution in [3.63, 3.8) is 0 Å². The third-order valence-corrected chi connectivity index (χ3v) is 5.66. The molecule has 0 bridgehead atoms. The number of hydrogen-bond donors (Lipinski definition) is 2. The Morgan fingerprint density at radius 2 is 1.58 bits per heavy atom. The molecule has 0 saturated carbocycles. The summed E-state index contributed by atoms with van der Waals surface area (Å²) in [6.45, 7) is 1.31. The number of piperidine rings is 1. The molecule has 1 amide bonds. The Kier molecular flexibility index (Phi) is 6.63. The number of anilines is 1. The van der Waals surface area contributed by atoms with Gasteiger partial charge in [-0.1, -0.05) is 18.2 Å². The molecule has 2 aromatic carbocycles. The summed E-state index contributed by atoms with van der Waals surface area (Å²) in [5.41, 5.74) is 6.82. The van der Waals surface area contributed by atoms with Crippen molar-refractivity contribution in [2.45, 2.75) is 23.8 Å². The van der Waals surface area contributed by atoms with Crippen molar-refractivity contribution in [1.29, 1.82) is 0 Å². The molecule has 0 spiro atoms. The first kappa shape index (κ1) is 20.2. The van der Waals surface area contributed by atoms with Gasteiger partial charge in [0.05, 0.1) is 4.90 Å². The van der Waals surface area contributed by atoms with E-state index in [1.54, 1.807) is 47.4 Å². The van der Waals surface area contributed by atoms with Gasteiger partial charge in [-0.25, -0.2) is 8.42 Å². The zero-order valence-electron chi connectivity index (χ0n) is 14.2. The predicted molar refractivity (Wildman–Crippen MR) is 104 cm³/mol. The topological polar surface area (TPSA) is 92.5 Å². The van der Waals surface area contributed by atoms with Crippen LogP contribution in [0.15, 0.2) is 59.5 Å². The van der Waals surface area contributed by atoms with E-state index in [4.69, 9.17) is 5.73 Å². The highest BCUT2D eigenvalue weighted by Crippen LogP contribution is 2.18. The first-order valence-corrected chi connectivity index (χ1v) is 9.67. The number of halogens is 1. The molecule has 8 heteroatoms. The molecule has 1 saturated heterocycles. The highest BCUT2D eigenvalue weighted by molar-refractivity contribution is 7.92. The largest absolute Gasteiger partial charge is 0.339 e. The van der Waals surface area contributed by atoms with Gasteiger partial charge in [-0.05, 0) is 49.2 Å². The molecule has 6 nitrogen and oxygen atoms in total. The molecule has 1 fully saturated rings. The summed E-state index contributed by atoms with van der Waals surface area (Å²) < 4.78 is 27.1. The average Bonchev–Trinajstić information content (AvgIpc) is 2.63. The predicted octanol–water partition coefficient (Wildman–Crippen LogP) is 2.47. The van der Waals surface area contributed by atoms with E-state index in [1.165, 1.54) is 12.1 Å². The quantitative estimate of drug-likeness (QED) is 0.831. The van der Waals surface area contributed by atoms with Crippen molar-refractivity contribution >= 4 is 34.0 Å². The molecule has 0 unspecified atom stereocenters. The van der Waals surface area contributed by atoms with E-state index in [2.05, 4.69) is 4.72 Å². The van der Waals surface area contributed by atoms with Crippen molar-refractivity contribution in [3.05, 3.63) is 60.2 Å². The Labute approximate surface area is 159 Å². The van der Waals surface area contributed by atoms with Gasteiger partial charge in [0.1, 0.15) is 0 Å². The van der Waals surface area contributed by atoms with Gasteiger partial charge in [0.25, 0.3) is 15.9 Å². The van der Waals surface area contributed by atoms with E-state index in [0.717, 1.165) is 12.8 Å². The third kappa shape index (κ3) is 4.75. The fourth-order valence-electron chi connectivity index (χ4n) is 2.78. The fourth-order valence-corrected chi connectivity index (χ4v) is 3.86. The van der Waals surface area contributed by atoms with E-state index in [-0.39, 0.29) is 29.3 Å². The Hall–Kier alpha value is -2.09. The minimum Gasteiger partial charge on any atom is -0.339 e. The second-order valence-corrected chi connectivity index (χ2v) is 7.81. The zero-order valence-corrected chi connectivity index (χ0v) is 15.8. The highest BCUT2D eigenvalue weighted by atomic mass is 35.5. The average molecular weight is 396 g/mol. The molecule has 0 aromatic heterocycles. The maximum absolute atomic E-state index is 12.5. The summed E-state index contributed by atoms with van der Waals surface area (Å²) in [5.74, 6) is -0.0515. The number of sulfonamides is 1. The number of nitrogens with zero attached hydrogens (tertiary/aromatic N) is 1. The molecule has 3 N–H and O–H groups in total. The lowest BCUT2D eigenvalue weighted by molar-refractivity contribution is 0.0715. The fraction of sp³-hybridized carbons (Fsp3) is 0.278. The highest BCUT2D eigenvalue weighted by Gasteiger charge is 2.21. The number of likely N-dealkylation sites (tertiary alicyclic amines) is 1. The van der Waals surface area contributed by atoms with Crippen molar-refractivity contribution in [1.82, 2.24) is 4.90 Å². The molecule has 0 radical (unpaired) electrons. The third-order valence-electron chi connectivity index (χ3n) is 4.26. The van der Waals surface area contributed by atoms with Crippen LogP contribution < -0.4 is 10.5 Å². The van der Waals surface area contributed by atoms with Crippen LogP contribution in [0.2, 0.25) is 0 Å². The van der Waals surface area contributed by atoms with Crippen LogP contribution in [0.5, 0.6) is 0 Å². The van der Waals surface area contributed by atoms with Crippen molar-refractivity contribution in [2.75, 3.05) is 17.8 Å². The van der Waals surface area contributed by atoms with E-state index in [9.17, 15) is 13.2 Å². The van der Waals surface area contributed by atoms with Crippen LogP contribution in [-0.2, 0) is 10.0 Å². The van der Waals surface area contributed by atoms with Gasteiger partial charge in [0.2, 0.25) is 0 Å². The molecule has 140 valence electrons. The van der Waals surface area contributed by atoms with Crippen LogP contribution in [0.25, 0.3) is 0 Å². The Morgan fingerprint density at radius 1 is 1.00 bits per heavy atom. The SMILES string of the molecule is Cl.NC1CCN(C(=O)c2ccc(NS(=O)(=O)c3ccccc3)cc2)CC1. The number of carbonyl (C=O) groups is 1. The van der Waals surface area contributed by atoms with Crippen LogP contribution in [0.4, 0.5) is 5.69 Å². The van der Waals surface area contributed by atoms with Crippen LogP contribution in [0.3, 0.4) is 0 Å². The number of rotatable bonds is 4. The zero-order chi connectivity index (χ0) is 17.9. The molecule has 3 rings (SSSR count). The molecular weight excluding hydrogens is 374 g/mol. The number of nitrogens with one attached hydrogen (secondary N) is 1. The lowest BCUT2D eigenvalue weighted by Gasteiger charge is -2.30. The van der Waals surface area contributed by atoms with Crippen LogP contribution in [0, 0.1) is 0 Å². The van der Waals surface area contributed by atoms with Gasteiger partial charge in [0, 0.05) is 30.4 Å². The number of benzene rings is 2. The summed E-state index contributed by atoms with van der Waals surface area (Å²) in [7, 11) is -3.63. The molecule has 1 aliphatic heterocycles. The first-order chi connectivity index (χ1) is 12.0. The second kappa shape index (κ2) is 8.53.